The summed E-state index contributed by atoms with van der Waals surface area (Å²) in [6.45, 7) is 4.81. The molecule has 0 radical (unpaired) electrons. The van der Waals surface area contributed by atoms with Crippen LogP contribution in [0.5, 0.6) is 5.88 Å². The van der Waals surface area contributed by atoms with E-state index in [1.165, 1.54) is 0 Å². The van der Waals surface area contributed by atoms with Crippen LogP contribution in [0.2, 0.25) is 0 Å². The van der Waals surface area contributed by atoms with Gasteiger partial charge in [0.2, 0.25) is 5.88 Å². The van der Waals surface area contributed by atoms with Gasteiger partial charge in [-0.15, -0.1) is 0 Å². The Balaban J connectivity index is 1.89. The molecular formula is C17H25N5O2. The predicted octanol–water partition coefficient (Wildman–Crippen LogP) is 2.39. The first kappa shape index (κ1) is 16.5. The first-order valence-corrected chi connectivity index (χ1v) is 8.49. The summed E-state index contributed by atoms with van der Waals surface area (Å²) in [5, 5.41) is 11.6. The van der Waals surface area contributed by atoms with E-state index in [0.29, 0.717) is 5.69 Å². The second kappa shape index (κ2) is 6.67. The highest BCUT2D eigenvalue weighted by Crippen LogP contribution is 2.39. The lowest BCUT2D eigenvalue weighted by atomic mass is 10.0. The number of aromatic amines is 1. The van der Waals surface area contributed by atoms with Crippen LogP contribution in [0, 0.1) is 6.92 Å². The van der Waals surface area contributed by atoms with Crippen molar-refractivity contribution in [3.63, 3.8) is 0 Å². The van der Waals surface area contributed by atoms with Gasteiger partial charge in [0.15, 0.2) is 0 Å². The smallest absolute Gasteiger partial charge is 0.274 e. The molecule has 0 aliphatic carbocycles. The quantitative estimate of drug-likeness (QED) is 0.913. The van der Waals surface area contributed by atoms with E-state index in [0.717, 1.165) is 55.1 Å². The third-order valence-corrected chi connectivity index (χ3v) is 4.62. The molecule has 1 aliphatic rings. The summed E-state index contributed by atoms with van der Waals surface area (Å²) in [5.74, 6) is 0.701. The number of amides is 1. The van der Waals surface area contributed by atoms with E-state index in [2.05, 4.69) is 22.2 Å². The summed E-state index contributed by atoms with van der Waals surface area (Å²) in [6, 6.07) is 1.86. The average molecular weight is 331 g/mol. The molecule has 3 heterocycles. The lowest BCUT2D eigenvalue weighted by Crippen LogP contribution is -2.31. The number of aryl methyl sites for hydroxylation is 3. The van der Waals surface area contributed by atoms with E-state index in [1.807, 2.05) is 24.9 Å². The normalized spacial score (nSPS) is 17.5. The van der Waals surface area contributed by atoms with Gasteiger partial charge in [0.25, 0.3) is 5.91 Å². The highest BCUT2D eigenvalue weighted by atomic mass is 16.5. The maximum atomic E-state index is 12.9. The third kappa shape index (κ3) is 2.79. The van der Waals surface area contributed by atoms with Gasteiger partial charge in [-0.25, -0.2) is 4.68 Å². The van der Waals surface area contributed by atoms with Crippen LogP contribution >= 0.6 is 0 Å². The molecule has 7 heteroatoms. The van der Waals surface area contributed by atoms with Gasteiger partial charge in [-0.05, 0) is 32.3 Å². The van der Waals surface area contributed by atoms with Crippen molar-refractivity contribution in [3.8, 4) is 5.88 Å². The number of carbonyl (C=O) groups excluding carboxylic acids is 1. The Labute approximate surface area is 142 Å². The van der Waals surface area contributed by atoms with Crippen LogP contribution in [0.15, 0.2) is 6.07 Å². The minimum Gasteiger partial charge on any atom is -0.481 e. The van der Waals surface area contributed by atoms with Crippen molar-refractivity contribution in [2.75, 3.05) is 13.7 Å². The summed E-state index contributed by atoms with van der Waals surface area (Å²) in [4.78, 5) is 14.8. The van der Waals surface area contributed by atoms with Crippen LogP contribution in [-0.4, -0.2) is 44.4 Å². The van der Waals surface area contributed by atoms with Crippen LogP contribution in [0.1, 0.15) is 59.7 Å². The molecule has 130 valence electrons. The third-order valence-electron chi connectivity index (χ3n) is 4.62. The molecule has 2 aromatic rings. The zero-order valence-electron chi connectivity index (χ0n) is 14.8. The van der Waals surface area contributed by atoms with Gasteiger partial charge in [0.1, 0.15) is 5.69 Å². The molecule has 1 fully saturated rings. The highest BCUT2D eigenvalue weighted by Gasteiger charge is 2.36. The number of hydrogen-bond donors (Lipinski definition) is 1. The van der Waals surface area contributed by atoms with Crippen molar-refractivity contribution in [2.45, 2.75) is 45.6 Å². The number of aromatic nitrogens is 4. The molecule has 0 spiro atoms. The summed E-state index contributed by atoms with van der Waals surface area (Å²) < 4.78 is 7.26. The fraction of sp³-hybridized carbons (Fsp3) is 0.588. The summed E-state index contributed by atoms with van der Waals surface area (Å²) in [6.07, 6.45) is 3.81. The van der Waals surface area contributed by atoms with Crippen LogP contribution in [0.3, 0.4) is 0 Å². The molecule has 1 aliphatic heterocycles. The van der Waals surface area contributed by atoms with Gasteiger partial charge in [0.05, 0.1) is 24.4 Å². The molecule has 1 saturated heterocycles. The van der Waals surface area contributed by atoms with Crippen molar-refractivity contribution < 1.29 is 9.53 Å². The number of nitrogens with zero attached hydrogens (tertiary/aromatic N) is 4. The second-order valence-electron chi connectivity index (χ2n) is 6.32. The van der Waals surface area contributed by atoms with Crippen LogP contribution in [-0.2, 0) is 13.5 Å². The minimum atomic E-state index is -0.0265. The molecule has 1 amide bonds. The Kier molecular flexibility index (Phi) is 4.59. The second-order valence-corrected chi connectivity index (χ2v) is 6.32. The molecule has 2 aromatic heterocycles. The monoisotopic (exact) mass is 331 g/mol. The molecule has 0 bridgehead atoms. The van der Waals surface area contributed by atoms with E-state index in [9.17, 15) is 4.79 Å². The Morgan fingerprint density at radius 3 is 3.00 bits per heavy atom. The highest BCUT2D eigenvalue weighted by molar-refractivity contribution is 5.93. The fourth-order valence-corrected chi connectivity index (χ4v) is 3.60. The standard InChI is InChI=1S/C17H25N5O2/c1-5-7-12-10-13(19-18-12)16(23)22-9-6-8-14(22)15-11(2)20-21(3)17(15)24-4/h10,14H,5-9H2,1-4H3,(H,18,19). The van der Waals surface area contributed by atoms with Gasteiger partial charge in [-0.2, -0.15) is 10.2 Å². The Morgan fingerprint density at radius 2 is 2.29 bits per heavy atom. The maximum absolute atomic E-state index is 12.9. The van der Waals surface area contributed by atoms with Gasteiger partial charge in [0, 0.05) is 19.3 Å². The zero-order chi connectivity index (χ0) is 17.3. The van der Waals surface area contributed by atoms with Gasteiger partial charge >= 0.3 is 0 Å². The van der Waals surface area contributed by atoms with Gasteiger partial charge in [-0.1, -0.05) is 13.3 Å². The van der Waals surface area contributed by atoms with E-state index in [4.69, 9.17) is 4.74 Å². The molecular weight excluding hydrogens is 306 g/mol. The summed E-state index contributed by atoms with van der Waals surface area (Å²) in [5.41, 5.74) is 3.42. The molecule has 1 unspecified atom stereocenters. The molecule has 7 nitrogen and oxygen atoms in total. The topological polar surface area (TPSA) is 76.0 Å². The SMILES string of the molecule is CCCc1cc(C(=O)N2CCCC2c2c(C)nn(C)c2OC)n[nH]1. The van der Waals surface area contributed by atoms with Crippen molar-refractivity contribution >= 4 is 5.91 Å². The van der Waals surface area contributed by atoms with Crippen LogP contribution in [0.4, 0.5) is 0 Å². The molecule has 0 aromatic carbocycles. The maximum Gasteiger partial charge on any atom is 0.274 e. The van der Waals surface area contributed by atoms with E-state index in [-0.39, 0.29) is 11.9 Å². The number of nitrogens with one attached hydrogen (secondary N) is 1. The van der Waals surface area contributed by atoms with Crippen molar-refractivity contribution in [1.29, 1.82) is 0 Å². The molecule has 1 atom stereocenters. The van der Waals surface area contributed by atoms with E-state index in [1.54, 1.807) is 11.8 Å². The number of hydrogen-bond acceptors (Lipinski definition) is 4. The van der Waals surface area contributed by atoms with Gasteiger partial charge < -0.3 is 9.64 Å². The van der Waals surface area contributed by atoms with Crippen molar-refractivity contribution in [3.05, 3.63) is 28.7 Å². The van der Waals surface area contributed by atoms with Crippen molar-refractivity contribution in [2.24, 2.45) is 7.05 Å². The molecule has 1 N–H and O–H groups in total. The summed E-state index contributed by atoms with van der Waals surface area (Å²) >= 11 is 0. The first-order valence-electron chi connectivity index (χ1n) is 8.49. The molecule has 0 saturated carbocycles. The lowest BCUT2D eigenvalue weighted by molar-refractivity contribution is 0.0727. The predicted molar refractivity (Wildman–Crippen MR) is 90.1 cm³/mol. The van der Waals surface area contributed by atoms with Crippen molar-refractivity contribution in [1.82, 2.24) is 24.9 Å². The number of ether oxygens (including phenoxy) is 1. The van der Waals surface area contributed by atoms with E-state index < -0.39 is 0 Å². The number of H-pyrrole nitrogens is 1. The zero-order valence-corrected chi connectivity index (χ0v) is 14.8. The molecule has 24 heavy (non-hydrogen) atoms. The lowest BCUT2D eigenvalue weighted by Gasteiger charge is -2.24. The van der Waals surface area contributed by atoms with Gasteiger partial charge in [-0.3, -0.25) is 9.89 Å². The fourth-order valence-electron chi connectivity index (χ4n) is 3.60. The summed E-state index contributed by atoms with van der Waals surface area (Å²) in [7, 11) is 3.51. The molecule has 3 rings (SSSR count). The Morgan fingerprint density at radius 1 is 1.50 bits per heavy atom. The van der Waals surface area contributed by atoms with Crippen LogP contribution in [0.25, 0.3) is 0 Å². The number of carbonyl (C=O) groups is 1. The first-order chi connectivity index (χ1) is 11.6. The van der Waals surface area contributed by atoms with E-state index >= 15 is 0 Å². The average Bonchev–Trinajstić information content (AvgIpc) is 3.25. The number of rotatable bonds is 5. The largest absolute Gasteiger partial charge is 0.481 e. The Hall–Kier alpha value is -2.31. The Bertz CT molecular complexity index is 733. The van der Waals surface area contributed by atoms with Crippen LogP contribution < -0.4 is 4.74 Å². The minimum absolute atomic E-state index is 0.00697. The number of methoxy groups -OCH3 is 1. The number of likely N-dealkylation sites (tertiary alicyclic amines) is 1.